The maximum atomic E-state index is 11.4. The first-order valence-corrected chi connectivity index (χ1v) is 6.90. The van der Waals surface area contributed by atoms with Gasteiger partial charge in [0.05, 0.1) is 6.61 Å². The first kappa shape index (κ1) is 17.0. The van der Waals surface area contributed by atoms with Crippen LogP contribution in [0.3, 0.4) is 0 Å². The molecule has 116 valence electrons. The van der Waals surface area contributed by atoms with Crippen LogP contribution in [0.2, 0.25) is 0 Å². The van der Waals surface area contributed by atoms with E-state index >= 15 is 0 Å². The topological polar surface area (TPSA) is 87.7 Å². The molecule has 1 rings (SSSR count). The summed E-state index contributed by atoms with van der Waals surface area (Å²) in [5.41, 5.74) is 0.640. The number of amides is 1. The molecule has 1 aromatic rings. The molecule has 0 aromatic heterocycles. The van der Waals surface area contributed by atoms with Gasteiger partial charge in [-0.3, -0.25) is 14.9 Å². The second kappa shape index (κ2) is 8.26. The van der Waals surface area contributed by atoms with E-state index in [4.69, 9.17) is 4.74 Å². The summed E-state index contributed by atoms with van der Waals surface area (Å²) < 4.78 is 5.33. The lowest BCUT2D eigenvalue weighted by Crippen LogP contribution is -2.41. The fourth-order valence-corrected chi connectivity index (χ4v) is 1.96. The molecule has 0 aliphatic carbocycles. The fraction of sp³-hybridized carbons (Fsp3) is 0.467. The maximum absolute atomic E-state index is 11.4. The Hall–Kier alpha value is -2.08. The second-order valence-corrected chi connectivity index (χ2v) is 4.78. The van der Waals surface area contributed by atoms with Gasteiger partial charge in [-0.25, -0.2) is 0 Å². The minimum atomic E-state index is -0.964. The molecule has 0 radical (unpaired) electrons. The zero-order valence-corrected chi connectivity index (χ0v) is 12.6. The van der Waals surface area contributed by atoms with Crippen LogP contribution in [0.5, 0.6) is 5.75 Å². The van der Waals surface area contributed by atoms with Gasteiger partial charge in [-0.2, -0.15) is 0 Å². The van der Waals surface area contributed by atoms with Gasteiger partial charge in [0.1, 0.15) is 11.8 Å². The number of rotatable bonds is 8. The fourth-order valence-electron chi connectivity index (χ4n) is 1.96. The van der Waals surface area contributed by atoms with Gasteiger partial charge in [0.15, 0.2) is 0 Å². The van der Waals surface area contributed by atoms with Crippen molar-refractivity contribution in [3.05, 3.63) is 29.8 Å². The molecule has 0 saturated carbocycles. The molecule has 3 N–H and O–H groups in total. The Bertz CT molecular complexity index is 473. The molecular weight excluding hydrogens is 272 g/mol. The summed E-state index contributed by atoms with van der Waals surface area (Å²) in [6.45, 7) is 6.06. The summed E-state index contributed by atoms with van der Waals surface area (Å²) in [6, 6.07) is 5.96. The van der Waals surface area contributed by atoms with E-state index in [9.17, 15) is 14.7 Å². The molecule has 6 nitrogen and oxygen atoms in total. The summed E-state index contributed by atoms with van der Waals surface area (Å²) in [6.07, 6.45) is 0. The van der Waals surface area contributed by atoms with E-state index in [-0.39, 0.29) is 11.9 Å². The molecule has 0 fully saturated rings. The Morgan fingerprint density at radius 1 is 1.29 bits per heavy atom. The van der Waals surface area contributed by atoms with Gasteiger partial charge in [-0.15, -0.1) is 0 Å². The van der Waals surface area contributed by atoms with Crippen molar-refractivity contribution in [2.24, 2.45) is 0 Å². The molecule has 2 atom stereocenters. The number of ether oxygens (including phenoxy) is 1. The van der Waals surface area contributed by atoms with Crippen LogP contribution >= 0.6 is 0 Å². The SMILES string of the molecule is CCOc1ccc(C(NCC(C)NC(C)=O)C(=O)O)cc1. The van der Waals surface area contributed by atoms with E-state index in [2.05, 4.69) is 10.6 Å². The van der Waals surface area contributed by atoms with Crippen LogP contribution in [0.25, 0.3) is 0 Å². The molecule has 2 unspecified atom stereocenters. The number of carbonyl (C=O) groups excluding carboxylic acids is 1. The monoisotopic (exact) mass is 294 g/mol. The lowest BCUT2D eigenvalue weighted by Gasteiger charge is -2.19. The lowest BCUT2D eigenvalue weighted by atomic mass is 10.1. The predicted molar refractivity (Wildman–Crippen MR) is 79.3 cm³/mol. The highest BCUT2D eigenvalue weighted by molar-refractivity contribution is 5.75. The molecule has 0 spiro atoms. The Kier molecular flexibility index (Phi) is 6.68. The molecular formula is C15H22N2O4. The Morgan fingerprint density at radius 2 is 1.90 bits per heavy atom. The van der Waals surface area contributed by atoms with E-state index < -0.39 is 12.0 Å². The van der Waals surface area contributed by atoms with Crippen LogP contribution in [0.15, 0.2) is 24.3 Å². The molecule has 0 aliphatic rings. The van der Waals surface area contributed by atoms with Gasteiger partial charge in [0.2, 0.25) is 5.91 Å². The van der Waals surface area contributed by atoms with Crippen LogP contribution in [0, 0.1) is 0 Å². The van der Waals surface area contributed by atoms with E-state index in [0.717, 1.165) is 0 Å². The minimum Gasteiger partial charge on any atom is -0.494 e. The third-order valence-electron chi connectivity index (χ3n) is 2.85. The van der Waals surface area contributed by atoms with E-state index in [0.29, 0.717) is 24.5 Å². The maximum Gasteiger partial charge on any atom is 0.325 e. The summed E-state index contributed by atoms with van der Waals surface area (Å²) in [5, 5.41) is 15.0. The van der Waals surface area contributed by atoms with Gasteiger partial charge >= 0.3 is 5.97 Å². The number of benzene rings is 1. The van der Waals surface area contributed by atoms with Crippen molar-refractivity contribution in [2.75, 3.05) is 13.2 Å². The van der Waals surface area contributed by atoms with Crippen LogP contribution in [0.4, 0.5) is 0 Å². The largest absolute Gasteiger partial charge is 0.494 e. The van der Waals surface area contributed by atoms with Crippen molar-refractivity contribution in [2.45, 2.75) is 32.9 Å². The van der Waals surface area contributed by atoms with E-state index in [1.54, 1.807) is 24.3 Å². The standard InChI is InChI=1S/C15H22N2O4/c1-4-21-13-7-5-12(6-8-13)14(15(19)20)16-9-10(2)17-11(3)18/h5-8,10,14,16H,4,9H2,1-3H3,(H,17,18)(H,19,20). The zero-order valence-electron chi connectivity index (χ0n) is 12.6. The zero-order chi connectivity index (χ0) is 15.8. The van der Waals surface area contributed by atoms with Gasteiger partial charge < -0.3 is 15.2 Å². The number of carbonyl (C=O) groups is 2. The highest BCUT2D eigenvalue weighted by Gasteiger charge is 2.20. The number of hydrogen-bond donors (Lipinski definition) is 3. The molecule has 1 aromatic carbocycles. The third kappa shape index (κ3) is 5.83. The summed E-state index contributed by atoms with van der Waals surface area (Å²) in [5.74, 6) is -0.400. The first-order valence-electron chi connectivity index (χ1n) is 6.90. The highest BCUT2D eigenvalue weighted by Crippen LogP contribution is 2.18. The quantitative estimate of drug-likeness (QED) is 0.673. The van der Waals surface area contributed by atoms with Crippen LogP contribution in [0.1, 0.15) is 32.4 Å². The Balaban J connectivity index is 2.68. The minimum absolute atomic E-state index is 0.141. The third-order valence-corrected chi connectivity index (χ3v) is 2.85. The van der Waals surface area contributed by atoms with Crippen molar-refractivity contribution in [1.29, 1.82) is 0 Å². The number of nitrogens with one attached hydrogen (secondary N) is 2. The second-order valence-electron chi connectivity index (χ2n) is 4.78. The number of aliphatic carboxylic acids is 1. The molecule has 21 heavy (non-hydrogen) atoms. The Morgan fingerprint density at radius 3 is 2.38 bits per heavy atom. The summed E-state index contributed by atoms with van der Waals surface area (Å²) in [4.78, 5) is 22.3. The predicted octanol–water partition coefficient (Wildman–Crippen LogP) is 1.33. The van der Waals surface area contributed by atoms with Crippen LogP contribution < -0.4 is 15.4 Å². The first-order chi connectivity index (χ1) is 9.93. The van der Waals surface area contributed by atoms with Gasteiger partial charge in [0, 0.05) is 19.5 Å². The molecule has 1 amide bonds. The molecule has 0 heterocycles. The van der Waals surface area contributed by atoms with Gasteiger partial charge in [0.25, 0.3) is 0 Å². The normalized spacial score (nSPS) is 13.3. The van der Waals surface area contributed by atoms with Crippen LogP contribution in [-0.4, -0.2) is 36.2 Å². The summed E-state index contributed by atoms with van der Waals surface area (Å²) >= 11 is 0. The van der Waals surface area contributed by atoms with Crippen molar-refractivity contribution in [1.82, 2.24) is 10.6 Å². The van der Waals surface area contributed by atoms with Crippen molar-refractivity contribution >= 4 is 11.9 Å². The number of carboxylic acids is 1. The number of hydrogen-bond acceptors (Lipinski definition) is 4. The molecule has 0 aliphatic heterocycles. The lowest BCUT2D eigenvalue weighted by molar-refractivity contribution is -0.139. The molecule has 0 bridgehead atoms. The number of carboxylic acid groups (broad SMARTS) is 1. The summed E-state index contributed by atoms with van der Waals surface area (Å²) in [7, 11) is 0. The molecule has 0 saturated heterocycles. The highest BCUT2D eigenvalue weighted by atomic mass is 16.5. The van der Waals surface area contributed by atoms with Crippen molar-refractivity contribution < 1.29 is 19.4 Å². The average molecular weight is 294 g/mol. The Labute approximate surface area is 124 Å². The van der Waals surface area contributed by atoms with Gasteiger partial charge in [-0.1, -0.05) is 12.1 Å². The van der Waals surface area contributed by atoms with Crippen LogP contribution in [-0.2, 0) is 9.59 Å². The average Bonchev–Trinajstić information content (AvgIpc) is 2.40. The van der Waals surface area contributed by atoms with E-state index in [1.807, 2.05) is 13.8 Å². The van der Waals surface area contributed by atoms with Crippen molar-refractivity contribution in [3.8, 4) is 5.75 Å². The van der Waals surface area contributed by atoms with Gasteiger partial charge in [-0.05, 0) is 31.5 Å². The van der Waals surface area contributed by atoms with Crippen molar-refractivity contribution in [3.63, 3.8) is 0 Å². The van der Waals surface area contributed by atoms with E-state index in [1.165, 1.54) is 6.92 Å². The molecule has 6 heteroatoms. The smallest absolute Gasteiger partial charge is 0.325 e.